The van der Waals surface area contributed by atoms with Crippen molar-refractivity contribution in [2.24, 2.45) is 0 Å². The maximum atomic E-state index is 10.9. The smallest absolute Gasteiger partial charge is 0.341 e. The molecule has 0 aromatic heterocycles. The first-order valence-corrected chi connectivity index (χ1v) is 5.95. The molecule has 0 radical (unpaired) electrons. The predicted molar refractivity (Wildman–Crippen MR) is 61.7 cm³/mol. The molecule has 0 spiro atoms. The average molecular weight is 290 g/mol. The van der Waals surface area contributed by atoms with E-state index < -0.39 is 36.2 Å². The van der Waals surface area contributed by atoms with Crippen LogP contribution in [0.1, 0.15) is 0 Å². The molecular weight excluding hydrogens is 280 g/mol. The molecule has 1 atom stereocenters. The molecule has 0 heterocycles. The number of ether oxygens (including phenoxy) is 2. The third-order valence-electron chi connectivity index (χ3n) is 1.82. The largest absolute Gasteiger partial charge is 0.479 e. The van der Waals surface area contributed by atoms with Gasteiger partial charge >= 0.3 is 11.9 Å². The first-order valence-electron chi connectivity index (χ1n) is 4.84. The van der Waals surface area contributed by atoms with E-state index in [2.05, 4.69) is 0 Å². The zero-order chi connectivity index (χ0) is 14.4. The summed E-state index contributed by atoms with van der Waals surface area (Å²) in [6, 6.07) is 3.57. The molecule has 0 aliphatic heterocycles. The molecule has 0 fully saturated rings. The van der Waals surface area contributed by atoms with E-state index in [9.17, 15) is 13.8 Å². The molecule has 1 rings (SSSR count). The van der Waals surface area contributed by atoms with E-state index in [0.717, 1.165) is 6.07 Å². The van der Waals surface area contributed by atoms with Crippen molar-refractivity contribution in [2.45, 2.75) is 4.90 Å². The molecule has 0 aliphatic rings. The van der Waals surface area contributed by atoms with Crippen molar-refractivity contribution in [1.29, 1.82) is 0 Å². The fraction of sp³-hybridized carbons (Fsp3) is 0.200. The minimum atomic E-state index is -2.27. The van der Waals surface area contributed by atoms with Crippen molar-refractivity contribution < 1.29 is 38.0 Å². The highest BCUT2D eigenvalue weighted by Gasteiger charge is 2.12. The molecule has 8 nitrogen and oxygen atoms in total. The van der Waals surface area contributed by atoms with Gasteiger partial charge in [-0.3, -0.25) is 0 Å². The third kappa shape index (κ3) is 4.94. The number of carbonyl (C=O) groups is 2. The van der Waals surface area contributed by atoms with E-state index in [1.165, 1.54) is 12.1 Å². The first-order chi connectivity index (χ1) is 8.90. The Labute approximate surface area is 109 Å². The summed E-state index contributed by atoms with van der Waals surface area (Å²) in [5.74, 6) is -2.62. The fourth-order valence-electron chi connectivity index (χ4n) is 1.11. The van der Waals surface area contributed by atoms with Crippen molar-refractivity contribution in [2.75, 3.05) is 13.2 Å². The number of hydrogen-bond acceptors (Lipinski definition) is 5. The quantitative estimate of drug-likeness (QED) is 0.607. The van der Waals surface area contributed by atoms with Crippen LogP contribution in [0, 0.1) is 0 Å². The molecular formula is C10H10O8S. The topological polar surface area (TPSA) is 130 Å². The molecule has 1 aromatic carbocycles. The minimum absolute atomic E-state index is 0.0249. The lowest BCUT2D eigenvalue weighted by Gasteiger charge is -2.11. The summed E-state index contributed by atoms with van der Waals surface area (Å²) in [4.78, 5) is 20.8. The second kappa shape index (κ2) is 6.71. The van der Waals surface area contributed by atoms with Gasteiger partial charge in [-0.25, -0.2) is 13.8 Å². The van der Waals surface area contributed by atoms with Crippen LogP contribution in [0.4, 0.5) is 0 Å². The number of carboxylic acid groups (broad SMARTS) is 2. The fourth-order valence-corrected chi connectivity index (χ4v) is 1.50. The van der Waals surface area contributed by atoms with Crippen LogP contribution >= 0.6 is 0 Å². The van der Waals surface area contributed by atoms with Crippen molar-refractivity contribution in [1.82, 2.24) is 0 Å². The van der Waals surface area contributed by atoms with Gasteiger partial charge in [-0.2, -0.15) is 0 Å². The lowest BCUT2D eigenvalue weighted by atomic mass is 10.3. The Hall–Kier alpha value is -2.13. The Kier molecular flexibility index (Phi) is 5.27. The number of hydrogen-bond donors (Lipinski definition) is 3. The number of benzene rings is 1. The molecule has 1 aromatic rings. The summed E-state index contributed by atoms with van der Waals surface area (Å²) in [5.41, 5.74) is 0. The van der Waals surface area contributed by atoms with Gasteiger partial charge in [0.1, 0.15) is 0 Å². The average Bonchev–Trinajstić information content (AvgIpc) is 2.33. The monoisotopic (exact) mass is 290 g/mol. The molecule has 104 valence electrons. The van der Waals surface area contributed by atoms with E-state index in [1.807, 2.05) is 0 Å². The summed E-state index contributed by atoms with van der Waals surface area (Å²) >= 11 is -2.27. The van der Waals surface area contributed by atoms with Gasteiger partial charge in [0.25, 0.3) is 0 Å². The Bertz CT molecular complexity index is 512. The zero-order valence-electron chi connectivity index (χ0n) is 9.44. The summed E-state index contributed by atoms with van der Waals surface area (Å²) in [6.07, 6.45) is 0. The predicted octanol–water partition coefficient (Wildman–Crippen LogP) is 0.194. The Morgan fingerprint density at radius 1 is 1.05 bits per heavy atom. The van der Waals surface area contributed by atoms with Crippen LogP contribution in [0.5, 0.6) is 11.5 Å². The second-order valence-corrected chi connectivity index (χ2v) is 4.19. The van der Waals surface area contributed by atoms with Gasteiger partial charge in [-0.05, 0) is 12.1 Å². The summed E-state index contributed by atoms with van der Waals surface area (Å²) in [6.45, 7) is -1.34. The molecule has 3 N–H and O–H groups in total. The Balaban J connectivity index is 2.96. The van der Waals surface area contributed by atoms with Crippen LogP contribution in [0.2, 0.25) is 0 Å². The Morgan fingerprint density at radius 3 is 2.05 bits per heavy atom. The molecule has 9 heteroatoms. The van der Waals surface area contributed by atoms with Gasteiger partial charge in [0.05, 0.1) is 4.90 Å². The van der Waals surface area contributed by atoms with Crippen molar-refractivity contribution >= 4 is 23.0 Å². The highest BCUT2D eigenvalue weighted by molar-refractivity contribution is 7.79. The van der Waals surface area contributed by atoms with E-state index >= 15 is 0 Å². The molecule has 0 saturated heterocycles. The zero-order valence-corrected chi connectivity index (χ0v) is 10.3. The first kappa shape index (κ1) is 14.9. The van der Waals surface area contributed by atoms with Crippen LogP contribution in [0.25, 0.3) is 0 Å². The SMILES string of the molecule is O=C(O)COc1ccc(S(=O)O)cc1OCC(=O)O. The molecule has 0 aliphatic carbocycles. The summed E-state index contributed by atoms with van der Waals surface area (Å²) < 4.78 is 29.5. The van der Waals surface area contributed by atoms with E-state index in [-0.39, 0.29) is 16.4 Å². The van der Waals surface area contributed by atoms with Crippen molar-refractivity contribution in [3.8, 4) is 11.5 Å². The molecule has 0 saturated carbocycles. The van der Waals surface area contributed by atoms with Crippen LogP contribution in [-0.2, 0) is 20.7 Å². The lowest BCUT2D eigenvalue weighted by Crippen LogP contribution is -2.13. The molecule has 0 bridgehead atoms. The summed E-state index contributed by atoms with van der Waals surface area (Å²) in [5, 5.41) is 17.0. The highest BCUT2D eigenvalue weighted by atomic mass is 32.2. The molecule has 0 amide bonds. The maximum absolute atomic E-state index is 10.9. The standard InChI is InChI=1S/C10H10O8S/c11-9(12)4-17-7-2-1-6(19(15)16)3-8(7)18-5-10(13)14/h1-3H,4-5H2,(H,11,12)(H,13,14)(H,15,16). The Morgan fingerprint density at radius 2 is 1.58 bits per heavy atom. The minimum Gasteiger partial charge on any atom is -0.479 e. The second-order valence-electron chi connectivity index (χ2n) is 3.22. The van der Waals surface area contributed by atoms with Crippen LogP contribution in [0.3, 0.4) is 0 Å². The van der Waals surface area contributed by atoms with E-state index in [0.29, 0.717) is 0 Å². The molecule has 1 unspecified atom stereocenters. The molecule has 19 heavy (non-hydrogen) atoms. The van der Waals surface area contributed by atoms with Gasteiger partial charge in [-0.15, -0.1) is 0 Å². The highest BCUT2D eigenvalue weighted by Crippen LogP contribution is 2.29. The van der Waals surface area contributed by atoms with Crippen molar-refractivity contribution in [3.05, 3.63) is 18.2 Å². The van der Waals surface area contributed by atoms with E-state index in [4.69, 9.17) is 24.2 Å². The van der Waals surface area contributed by atoms with E-state index in [1.54, 1.807) is 0 Å². The lowest BCUT2D eigenvalue weighted by molar-refractivity contribution is -0.140. The number of carboxylic acids is 2. The van der Waals surface area contributed by atoms with Gasteiger partial charge in [-0.1, -0.05) is 0 Å². The van der Waals surface area contributed by atoms with Gasteiger partial charge in [0.15, 0.2) is 35.8 Å². The number of aliphatic carboxylic acids is 2. The van der Waals surface area contributed by atoms with Gasteiger partial charge in [0, 0.05) is 6.07 Å². The van der Waals surface area contributed by atoms with Crippen LogP contribution < -0.4 is 9.47 Å². The summed E-state index contributed by atoms with van der Waals surface area (Å²) in [7, 11) is 0. The van der Waals surface area contributed by atoms with Crippen molar-refractivity contribution in [3.63, 3.8) is 0 Å². The number of rotatable bonds is 7. The maximum Gasteiger partial charge on any atom is 0.341 e. The third-order valence-corrected chi connectivity index (χ3v) is 2.48. The van der Waals surface area contributed by atoms with Gasteiger partial charge < -0.3 is 24.2 Å². The van der Waals surface area contributed by atoms with Crippen LogP contribution in [-0.4, -0.2) is 44.1 Å². The normalized spacial score (nSPS) is 11.6. The van der Waals surface area contributed by atoms with Gasteiger partial charge in [0.2, 0.25) is 0 Å². The van der Waals surface area contributed by atoms with Crippen LogP contribution in [0.15, 0.2) is 23.1 Å².